The van der Waals surface area contributed by atoms with Crippen LogP contribution in [0.1, 0.15) is 35.3 Å². The van der Waals surface area contributed by atoms with Crippen molar-refractivity contribution in [2.24, 2.45) is 11.7 Å². The first-order valence-corrected chi connectivity index (χ1v) is 13.2. The number of rotatable bonds is 6. The molecule has 5 aromatic rings. The fourth-order valence-corrected chi connectivity index (χ4v) is 6.23. The molecule has 3 atom stereocenters. The van der Waals surface area contributed by atoms with Crippen molar-refractivity contribution in [2.45, 2.75) is 38.4 Å². The van der Waals surface area contributed by atoms with Crippen molar-refractivity contribution in [1.29, 1.82) is 0 Å². The van der Waals surface area contributed by atoms with E-state index < -0.39 is 5.91 Å². The van der Waals surface area contributed by atoms with Gasteiger partial charge in [0.05, 0.1) is 40.2 Å². The molecule has 0 radical (unpaired) electrons. The number of fused-ring (bicyclic) bond motifs is 4. The fraction of sp³-hybridized carbons (Fsp3) is 0.258. The van der Waals surface area contributed by atoms with E-state index in [-0.39, 0.29) is 0 Å². The molecule has 3 aromatic carbocycles. The van der Waals surface area contributed by atoms with Gasteiger partial charge in [-0.05, 0) is 68.1 Å². The molecule has 4 heterocycles. The van der Waals surface area contributed by atoms with E-state index in [0.717, 1.165) is 75.8 Å². The number of anilines is 1. The molecule has 2 aliphatic rings. The monoisotopic (exact) mass is 503 g/mol. The number of nitrogens with two attached hydrogens (primary N) is 1. The summed E-state index contributed by atoms with van der Waals surface area (Å²) in [6, 6.07) is 22.2. The molecule has 0 unspecified atom stereocenters. The predicted octanol–water partition coefficient (Wildman–Crippen LogP) is 5.63. The maximum Gasteiger partial charge on any atom is 0.250 e. The highest BCUT2D eigenvalue weighted by Crippen LogP contribution is 2.39. The largest absolute Gasteiger partial charge is 0.384 e. The molecule has 0 saturated carbocycles. The molecule has 7 nitrogen and oxygen atoms in total. The second kappa shape index (κ2) is 8.96. The summed E-state index contributed by atoms with van der Waals surface area (Å²) in [7, 11) is 0. The van der Waals surface area contributed by atoms with Gasteiger partial charge in [0.2, 0.25) is 0 Å². The Kier molecular flexibility index (Phi) is 5.40. The summed E-state index contributed by atoms with van der Waals surface area (Å²) in [5, 5.41) is 10.6. The second-order valence-electron chi connectivity index (χ2n) is 10.5. The highest BCUT2D eigenvalue weighted by atomic mass is 16.5. The molecule has 7 rings (SSSR count). The number of pyridine rings is 1. The van der Waals surface area contributed by atoms with Gasteiger partial charge in [-0.15, -0.1) is 0 Å². The van der Waals surface area contributed by atoms with E-state index in [1.165, 1.54) is 0 Å². The lowest BCUT2D eigenvalue weighted by Gasteiger charge is -2.21. The third-order valence-electron chi connectivity index (χ3n) is 8.08. The number of nitrogens with one attached hydrogen (secondary N) is 1. The number of primary amides is 1. The molecule has 2 bridgehead atoms. The van der Waals surface area contributed by atoms with E-state index >= 15 is 0 Å². The number of hydrogen-bond acceptors (Lipinski definition) is 5. The average Bonchev–Trinajstić information content (AvgIpc) is 3.66. The zero-order valence-corrected chi connectivity index (χ0v) is 21.2. The second-order valence-corrected chi connectivity index (χ2v) is 10.5. The van der Waals surface area contributed by atoms with Crippen molar-refractivity contribution in [3.63, 3.8) is 0 Å². The van der Waals surface area contributed by atoms with Crippen molar-refractivity contribution in [3.05, 3.63) is 84.2 Å². The lowest BCUT2D eigenvalue weighted by molar-refractivity contribution is 0.0941. The first kappa shape index (κ1) is 22.9. The number of amides is 1. The zero-order chi connectivity index (χ0) is 25.8. The molecule has 3 N–H and O–H groups in total. The van der Waals surface area contributed by atoms with Crippen LogP contribution in [0.25, 0.3) is 38.6 Å². The molecule has 1 amide bonds. The Morgan fingerprint density at radius 1 is 1.11 bits per heavy atom. The molecule has 190 valence electrons. The Bertz CT molecular complexity index is 1710. The van der Waals surface area contributed by atoms with Crippen LogP contribution in [-0.4, -0.2) is 39.4 Å². The molecule has 2 fully saturated rings. The molecular weight excluding hydrogens is 474 g/mol. The van der Waals surface area contributed by atoms with E-state index in [4.69, 9.17) is 15.6 Å². The van der Waals surface area contributed by atoms with Crippen molar-refractivity contribution in [2.75, 3.05) is 11.9 Å². The Labute approximate surface area is 220 Å². The van der Waals surface area contributed by atoms with Crippen LogP contribution in [0.5, 0.6) is 0 Å². The standard InChI is InChI=1S/C31H29N5O2/c1-18-30-24(20-13-19-5-2-3-7-26(19)33-16-20)6-4-8-28(30)36(35-18)22-9-11-25(31(32)37)27(15-22)34-17-21-14-23-10-12-29(21)38-23/h2-9,11,13,15-16,21,23,29,34H,10,12,14,17H2,1H3,(H2,32,37)/t21-,23-,29+/m0/s1. The van der Waals surface area contributed by atoms with Crippen LogP contribution in [0.2, 0.25) is 0 Å². The first-order valence-electron chi connectivity index (χ1n) is 13.2. The van der Waals surface area contributed by atoms with Crippen molar-refractivity contribution in [3.8, 4) is 16.8 Å². The topological polar surface area (TPSA) is 95.1 Å². The van der Waals surface area contributed by atoms with Gasteiger partial charge in [0.15, 0.2) is 0 Å². The summed E-state index contributed by atoms with van der Waals surface area (Å²) >= 11 is 0. The van der Waals surface area contributed by atoms with E-state index in [1.54, 1.807) is 6.07 Å². The molecule has 38 heavy (non-hydrogen) atoms. The summed E-state index contributed by atoms with van der Waals surface area (Å²) in [5.74, 6) is -0.000122. The quantitative estimate of drug-likeness (QED) is 0.313. The number of ether oxygens (including phenoxy) is 1. The maximum absolute atomic E-state index is 12.2. The summed E-state index contributed by atoms with van der Waals surface area (Å²) in [6.45, 7) is 2.78. The van der Waals surface area contributed by atoms with Crippen LogP contribution in [0, 0.1) is 12.8 Å². The van der Waals surface area contributed by atoms with Gasteiger partial charge in [-0.1, -0.05) is 30.3 Å². The average molecular weight is 504 g/mol. The lowest BCUT2D eigenvalue weighted by Crippen LogP contribution is -2.25. The van der Waals surface area contributed by atoms with E-state index in [0.29, 0.717) is 23.7 Å². The van der Waals surface area contributed by atoms with Gasteiger partial charge in [0.1, 0.15) is 0 Å². The van der Waals surface area contributed by atoms with Crippen LogP contribution in [0.15, 0.2) is 72.9 Å². The summed E-state index contributed by atoms with van der Waals surface area (Å²) < 4.78 is 7.96. The summed E-state index contributed by atoms with van der Waals surface area (Å²) in [5.41, 5.74) is 12.9. The number of nitrogens with zero attached hydrogens (tertiary/aromatic N) is 3. The summed E-state index contributed by atoms with van der Waals surface area (Å²) in [4.78, 5) is 16.9. The minimum atomic E-state index is -0.448. The van der Waals surface area contributed by atoms with Gasteiger partial charge in [-0.2, -0.15) is 5.10 Å². The van der Waals surface area contributed by atoms with Gasteiger partial charge >= 0.3 is 0 Å². The first-order chi connectivity index (χ1) is 18.5. The number of benzene rings is 3. The van der Waals surface area contributed by atoms with E-state index in [9.17, 15) is 4.79 Å². The Balaban J connectivity index is 1.28. The minimum Gasteiger partial charge on any atom is -0.384 e. The number of hydrogen-bond donors (Lipinski definition) is 2. The molecular formula is C31H29N5O2. The molecule has 0 aliphatic carbocycles. The number of carbonyl (C=O) groups excluding carboxylic acids is 1. The molecule has 2 saturated heterocycles. The van der Waals surface area contributed by atoms with Crippen LogP contribution in [0.3, 0.4) is 0 Å². The number of aryl methyl sites for hydroxylation is 1. The van der Waals surface area contributed by atoms with Gasteiger partial charge in [-0.25, -0.2) is 4.68 Å². The third kappa shape index (κ3) is 3.82. The maximum atomic E-state index is 12.2. The van der Waals surface area contributed by atoms with Crippen LogP contribution in [-0.2, 0) is 4.74 Å². The fourth-order valence-electron chi connectivity index (χ4n) is 6.23. The molecule has 0 spiro atoms. The van der Waals surface area contributed by atoms with E-state index in [2.05, 4.69) is 40.6 Å². The van der Waals surface area contributed by atoms with Crippen molar-refractivity contribution >= 4 is 33.4 Å². The Hall–Kier alpha value is -4.23. The smallest absolute Gasteiger partial charge is 0.250 e. The zero-order valence-electron chi connectivity index (χ0n) is 21.2. The van der Waals surface area contributed by atoms with Gasteiger partial charge < -0.3 is 15.8 Å². The van der Waals surface area contributed by atoms with E-state index in [1.807, 2.05) is 48.1 Å². The SMILES string of the molecule is Cc1nn(-c2ccc(C(N)=O)c(NC[C@@H]3C[C@@H]4CC[C@H]3O4)c2)c2cccc(-c3cnc4ccccc4c3)c12. The molecule has 2 aromatic heterocycles. The van der Waals surface area contributed by atoms with Crippen LogP contribution >= 0.6 is 0 Å². The number of para-hydroxylation sites is 1. The normalized spacial score (nSPS) is 20.4. The van der Waals surface area contributed by atoms with Gasteiger partial charge in [0.25, 0.3) is 5.91 Å². The Morgan fingerprint density at radius 2 is 2.00 bits per heavy atom. The van der Waals surface area contributed by atoms with Crippen molar-refractivity contribution < 1.29 is 9.53 Å². The minimum absolute atomic E-state index is 0.313. The number of aromatic nitrogens is 3. The highest BCUT2D eigenvalue weighted by Gasteiger charge is 2.40. The van der Waals surface area contributed by atoms with Gasteiger partial charge in [-0.3, -0.25) is 9.78 Å². The molecule has 7 heteroatoms. The van der Waals surface area contributed by atoms with Crippen molar-refractivity contribution in [1.82, 2.24) is 14.8 Å². The van der Waals surface area contributed by atoms with Crippen LogP contribution < -0.4 is 11.1 Å². The Morgan fingerprint density at radius 3 is 2.82 bits per heavy atom. The molecule has 2 aliphatic heterocycles. The summed E-state index contributed by atoms with van der Waals surface area (Å²) in [6.07, 6.45) is 5.97. The highest BCUT2D eigenvalue weighted by molar-refractivity contribution is 6.00. The van der Waals surface area contributed by atoms with Crippen LogP contribution in [0.4, 0.5) is 5.69 Å². The van der Waals surface area contributed by atoms with Gasteiger partial charge in [0, 0.05) is 40.7 Å². The lowest BCUT2D eigenvalue weighted by atomic mass is 9.89. The number of carbonyl (C=O) groups is 1. The third-order valence-corrected chi connectivity index (χ3v) is 8.08. The predicted molar refractivity (Wildman–Crippen MR) is 150 cm³/mol.